The number of amides is 1. The van der Waals surface area contributed by atoms with Crippen LogP contribution in [0.5, 0.6) is 0 Å². The van der Waals surface area contributed by atoms with Crippen molar-refractivity contribution in [3.63, 3.8) is 0 Å². The maximum atomic E-state index is 12.7. The van der Waals surface area contributed by atoms with Gasteiger partial charge in [-0.15, -0.1) is 0 Å². The van der Waals surface area contributed by atoms with Gasteiger partial charge in [0.05, 0.1) is 24.4 Å². The smallest absolute Gasteiger partial charge is 0.230 e. The molecule has 1 atom stereocenters. The number of nitrogens with zero attached hydrogens (tertiary/aromatic N) is 4. The molecule has 0 radical (unpaired) electrons. The third-order valence-corrected chi connectivity index (χ3v) is 4.15. The van der Waals surface area contributed by atoms with E-state index in [4.69, 9.17) is 11.6 Å². The Balaban J connectivity index is 1.76. The Morgan fingerprint density at radius 1 is 1.48 bits per heavy atom. The van der Waals surface area contributed by atoms with Crippen LogP contribution < -0.4 is 0 Å². The summed E-state index contributed by atoms with van der Waals surface area (Å²) in [7, 11) is 1.77. The van der Waals surface area contributed by atoms with E-state index in [0.717, 1.165) is 30.5 Å². The van der Waals surface area contributed by atoms with E-state index >= 15 is 0 Å². The number of aromatic nitrogens is 4. The Hall–Kier alpha value is -1.95. The van der Waals surface area contributed by atoms with E-state index in [0.29, 0.717) is 17.4 Å². The summed E-state index contributed by atoms with van der Waals surface area (Å²) in [4.78, 5) is 22.5. The van der Waals surface area contributed by atoms with Crippen LogP contribution in [0.25, 0.3) is 0 Å². The van der Waals surface area contributed by atoms with Crippen LogP contribution in [0.4, 0.5) is 0 Å². The fourth-order valence-electron chi connectivity index (χ4n) is 2.74. The molecule has 0 saturated heterocycles. The predicted molar refractivity (Wildman–Crippen MR) is 77.8 cm³/mol. The van der Waals surface area contributed by atoms with Crippen molar-refractivity contribution in [1.82, 2.24) is 25.1 Å². The van der Waals surface area contributed by atoms with Crippen LogP contribution in [0.3, 0.4) is 0 Å². The number of carbonyl (C=O) groups excluding carboxylic acids is 1. The summed E-state index contributed by atoms with van der Waals surface area (Å²) in [6.45, 7) is 0.356. The largest absolute Gasteiger partial charge is 0.339 e. The molecule has 1 aliphatic carbocycles. The third kappa shape index (κ3) is 2.76. The van der Waals surface area contributed by atoms with Crippen molar-refractivity contribution in [1.29, 1.82) is 0 Å². The fourth-order valence-corrected chi connectivity index (χ4v) is 2.91. The maximum Gasteiger partial charge on any atom is 0.230 e. The second-order valence-corrected chi connectivity index (χ2v) is 5.59. The van der Waals surface area contributed by atoms with Gasteiger partial charge in [0, 0.05) is 30.7 Å². The molecule has 21 heavy (non-hydrogen) atoms. The summed E-state index contributed by atoms with van der Waals surface area (Å²) >= 11 is 6.00. The van der Waals surface area contributed by atoms with Crippen molar-refractivity contribution in [3.05, 3.63) is 40.7 Å². The number of aryl methyl sites for hydroxylation is 1. The second-order valence-electron chi connectivity index (χ2n) is 5.24. The Kier molecular flexibility index (Phi) is 3.88. The summed E-state index contributed by atoms with van der Waals surface area (Å²) in [5.74, 6) is -0.0629. The van der Waals surface area contributed by atoms with E-state index in [9.17, 15) is 4.79 Å². The van der Waals surface area contributed by atoms with Gasteiger partial charge < -0.3 is 4.90 Å². The number of rotatable bonds is 3. The minimum atomic E-state index is -0.132. The number of likely N-dealkylation sites (N-methyl/N-ethyl adjacent to an activating group) is 1. The second kappa shape index (κ2) is 5.81. The number of fused-ring (bicyclic) bond motifs is 1. The van der Waals surface area contributed by atoms with Crippen molar-refractivity contribution < 1.29 is 4.79 Å². The number of hydrogen-bond donors (Lipinski definition) is 1. The van der Waals surface area contributed by atoms with Gasteiger partial charge in [-0.05, 0) is 19.3 Å². The Morgan fingerprint density at radius 3 is 3.10 bits per heavy atom. The van der Waals surface area contributed by atoms with Crippen LogP contribution >= 0.6 is 11.6 Å². The van der Waals surface area contributed by atoms with Crippen LogP contribution in [0.15, 0.2) is 18.6 Å². The lowest BCUT2D eigenvalue weighted by atomic mass is 9.86. The van der Waals surface area contributed by atoms with Gasteiger partial charge in [0.1, 0.15) is 0 Å². The van der Waals surface area contributed by atoms with Crippen molar-refractivity contribution in [3.8, 4) is 0 Å². The molecule has 2 aromatic heterocycles. The number of carbonyl (C=O) groups is 1. The molecule has 1 unspecified atom stereocenters. The molecule has 1 amide bonds. The highest BCUT2D eigenvalue weighted by Gasteiger charge is 2.30. The lowest BCUT2D eigenvalue weighted by Crippen LogP contribution is -2.33. The number of halogens is 1. The van der Waals surface area contributed by atoms with Crippen molar-refractivity contribution in [2.75, 3.05) is 7.05 Å². The van der Waals surface area contributed by atoms with Crippen LogP contribution in [-0.2, 0) is 17.8 Å². The molecule has 0 saturated carbocycles. The zero-order valence-electron chi connectivity index (χ0n) is 11.7. The van der Waals surface area contributed by atoms with E-state index in [1.165, 1.54) is 6.20 Å². The van der Waals surface area contributed by atoms with Crippen LogP contribution in [0.1, 0.15) is 35.7 Å². The molecule has 0 aliphatic heterocycles. The average molecular weight is 306 g/mol. The predicted octanol–water partition coefficient (Wildman–Crippen LogP) is 1.93. The maximum absolute atomic E-state index is 12.7. The zero-order valence-corrected chi connectivity index (χ0v) is 12.5. The first kappa shape index (κ1) is 14.0. The molecule has 2 heterocycles. The molecule has 110 valence electrons. The van der Waals surface area contributed by atoms with Crippen LogP contribution in [-0.4, -0.2) is 38.0 Å². The van der Waals surface area contributed by atoms with Crippen molar-refractivity contribution in [2.24, 2.45) is 0 Å². The molecular weight excluding hydrogens is 290 g/mol. The lowest BCUT2D eigenvalue weighted by Gasteiger charge is -2.26. The summed E-state index contributed by atoms with van der Waals surface area (Å²) < 4.78 is 0. The summed E-state index contributed by atoms with van der Waals surface area (Å²) in [6, 6.07) is 0. The Morgan fingerprint density at radius 2 is 2.29 bits per heavy atom. The monoisotopic (exact) mass is 305 g/mol. The Labute approximate surface area is 127 Å². The van der Waals surface area contributed by atoms with Gasteiger partial charge in [-0.1, -0.05) is 11.6 Å². The Bertz CT molecular complexity index is 656. The van der Waals surface area contributed by atoms with Gasteiger partial charge in [-0.3, -0.25) is 14.9 Å². The average Bonchev–Trinajstić information content (AvgIpc) is 2.97. The van der Waals surface area contributed by atoms with Gasteiger partial charge in [0.25, 0.3) is 0 Å². The third-order valence-electron chi connectivity index (χ3n) is 3.83. The minimum Gasteiger partial charge on any atom is -0.339 e. The highest BCUT2D eigenvalue weighted by atomic mass is 35.5. The summed E-state index contributed by atoms with van der Waals surface area (Å²) in [5, 5.41) is 7.37. The van der Waals surface area contributed by atoms with E-state index in [2.05, 4.69) is 20.2 Å². The molecule has 0 bridgehead atoms. The molecule has 0 aromatic carbocycles. The normalized spacial score (nSPS) is 17.3. The molecule has 2 aromatic rings. The molecule has 6 nitrogen and oxygen atoms in total. The highest BCUT2D eigenvalue weighted by Crippen LogP contribution is 2.31. The van der Waals surface area contributed by atoms with Gasteiger partial charge in [-0.2, -0.15) is 5.10 Å². The topological polar surface area (TPSA) is 74.8 Å². The van der Waals surface area contributed by atoms with E-state index in [1.807, 2.05) is 0 Å². The highest BCUT2D eigenvalue weighted by molar-refractivity contribution is 6.29. The first-order valence-electron chi connectivity index (χ1n) is 6.89. The molecule has 1 N–H and O–H groups in total. The molecule has 7 heteroatoms. The zero-order chi connectivity index (χ0) is 14.8. The fraction of sp³-hybridized carbons (Fsp3) is 0.429. The molecule has 0 spiro atoms. The van der Waals surface area contributed by atoms with Gasteiger partial charge in [0.2, 0.25) is 5.91 Å². The summed E-state index contributed by atoms with van der Waals surface area (Å²) in [6.07, 6.45) is 7.68. The van der Waals surface area contributed by atoms with Crippen LogP contribution in [0, 0.1) is 0 Å². The van der Waals surface area contributed by atoms with Crippen LogP contribution in [0.2, 0.25) is 5.15 Å². The summed E-state index contributed by atoms with van der Waals surface area (Å²) in [5.41, 5.74) is 2.70. The minimum absolute atomic E-state index is 0.0686. The quantitative estimate of drug-likeness (QED) is 0.940. The molecule has 3 rings (SSSR count). The van der Waals surface area contributed by atoms with Gasteiger partial charge in [0.15, 0.2) is 5.15 Å². The van der Waals surface area contributed by atoms with E-state index in [1.54, 1.807) is 24.3 Å². The molecule has 1 aliphatic rings. The number of nitrogens with one attached hydrogen (secondary N) is 1. The SMILES string of the molecule is CN(Cc1nccnc1Cl)C(=O)C1CCCc2[nH]ncc21. The lowest BCUT2D eigenvalue weighted by molar-refractivity contribution is -0.132. The van der Waals surface area contributed by atoms with Gasteiger partial charge >= 0.3 is 0 Å². The standard InChI is InChI=1S/C14H16ClN5O/c1-20(8-12-13(15)17-6-5-16-12)14(21)9-3-2-4-11-10(9)7-18-19-11/h5-7,9H,2-4,8H2,1H3,(H,18,19). The van der Waals surface area contributed by atoms with Crippen molar-refractivity contribution >= 4 is 17.5 Å². The number of H-pyrrole nitrogens is 1. The molecule has 0 fully saturated rings. The van der Waals surface area contributed by atoms with E-state index in [-0.39, 0.29) is 11.8 Å². The first-order chi connectivity index (χ1) is 10.2. The van der Waals surface area contributed by atoms with Crippen molar-refractivity contribution in [2.45, 2.75) is 31.7 Å². The van der Waals surface area contributed by atoms with Gasteiger partial charge in [-0.25, -0.2) is 4.98 Å². The molecular formula is C14H16ClN5O. The van der Waals surface area contributed by atoms with E-state index < -0.39 is 0 Å². The number of hydrogen-bond acceptors (Lipinski definition) is 4. The first-order valence-corrected chi connectivity index (χ1v) is 7.27. The number of aromatic amines is 1.